The Morgan fingerprint density at radius 2 is 2.08 bits per heavy atom. The predicted octanol–water partition coefficient (Wildman–Crippen LogP) is 2.48. The molecule has 1 aromatic carbocycles. The molecule has 0 aromatic heterocycles. The van der Waals surface area contributed by atoms with E-state index in [-0.39, 0.29) is 18.4 Å². The summed E-state index contributed by atoms with van der Waals surface area (Å²) >= 11 is 0. The molecular formula is C20H30N2O3. The highest BCUT2D eigenvalue weighted by atomic mass is 16.5. The second kappa shape index (κ2) is 10.2. The molecule has 25 heavy (non-hydrogen) atoms. The molecule has 0 spiro atoms. The molecule has 1 amide bonds. The van der Waals surface area contributed by atoms with E-state index in [0.29, 0.717) is 24.9 Å². The zero-order valence-electron chi connectivity index (χ0n) is 15.3. The summed E-state index contributed by atoms with van der Waals surface area (Å²) in [5.41, 5.74) is 0.866. The van der Waals surface area contributed by atoms with Crippen LogP contribution in [-0.2, 0) is 14.3 Å². The highest BCUT2D eigenvalue weighted by Gasteiger charge is 2.25. The average molecular weight is 346 g/mol. The molecule has 2 rings (SSSR count). The lowest BCUT2D eigenvalue weighted by atomic mass is 9.85. The van der Waals surface area contributed by atoms with E-state index in [1.54, 1.807) is 6.92 Å². The summed E-state index contributed by atoms with van der Waals surface area (Å²) in [7, 11) is 0. The minimum atomic E-state index is -0.461. The fraction of sp³-hybridized carbons (Fsp3) is 0.600. The van der Waals surface area contributed by atoms with Crippen molar-refractivity contribution in [1.29, 1.82) is 0 Å². The Bertz CT molecular complexity index is 541. The van der Waals surface area contributed by atoms with Gasteiger partial charge in [0.15, 0.2) is 0 Å². The van der Waals surface area contributed by atoms with Crippen molar-refractivity contribution in [3.8, 4) is 0 Å². The van der Waals surface area contributed by atoms with Crippen LogP contribution in [0.1, 0.15) is 44.6 Å². The van der Waals surface area contributed by atoms with Crippen LogP contribution in [-0.4, -0.2) is 38.1 Å². The maximum atomic E-state index is 12.3. The summed E-state index contributed by atoms with van der Waals surface area (Å²) in [5.74, 6) is 0.138. The van der Waals surface area contributed by atoms with Gasteiger partial charge >= 0.3 is 5.97 Å². The number of hydrogen-bond acceptors (Lipinski definition) is 4. The normalized spacial score (nSPS) is 19.7. The Hall–Kier alpha value is -1.88. The van der Waals surface area contributed by atoms with Crippen LogP contribution in [0.5, 0.6) is 0 Å². The standard InChI is InChI=1S/C20H30N2O3/c1-3-25-20(24)18(16-8-5-4-6-9-16)14-22-19(23)12-15(2)17-10-7-11-21-13-17/h4-6,8-9,15,17-18,21H,3,7,10-14H2,1-2H3,(H,22,23). The zero-order valence-corrected chi connectivity index (χ0v) is 15.3. The number of carbonyl (C=O) groups excluding carboxylic acids is 2. The molecule has 0 aliphatic carbocycles. The molecule has 0 radical (unpaired) electrons. The summed E-state index contributed by atoms with van der Waals surface area (Å²) in [6.07, 6.45) is 2.85. The number of nitrogens with one attached hydrogen (secondary N) is 2. The minimum Gasteiger partial charge on any atom is -0.465 e. The lowest BCUT2D eigenvalue weighted by Crippen LogP contribution is -2.37. The van der Waals surface area contributed by atoms with Gasteiger partial charge in [0.2, 0.25) is 5.91 Å². The van der Waals surface area contributed by atoms with Gasteiger partial charge in [-0.3, -0.25) is 9.59 Å². The van der Waals surface area contributed by atoms with E-state index in [1.807, 2.05) is 30.3 Å². The third kappa shape index (κ3) is 6.16. The number of amides is 1. The molecule has 0 saturated carbocycles. The molecule has 1 aliphatic heterocycles. The van der Waals surface area contributed by atoms with Crippen molar-refractivity contribution in [2.75, 3.05) is 26.2 Å². The van der Waals surface area contributed by atoms with Crippen LogP contribution in [0.2, 0.25) is 0 Å². The number of carbonyl (C=O) groups is 2. The lowest BCUT2D eigenvalue weighted by molar-refractivity contribution is -0.144. The van der Waals surface area contributed by atoms with Gasteiger partial charge in [0, 0.05) is 13.0 Å². The number of rotatable bonds is 8. The van der Waals surface area contributed by atoms with Gasteiger partial charge in [-0.05, 0) is 50.3 Å². The zero-order chi connectivity index (χ0) is 18.1. The van der Waals surface area contributed by atoms with E-state index < -0.39 is 5.92 Å². The second-order valence-electron chi connectivity index (χ2n) is 6.81. The number of esters is 1. The maximum absolute atomic E-state index is 12.3. The Kier molecular flexibility index (Phi) is 7.92. The first-order chi connectivity index (χ1) is 12.1. The van der Waals surface area contributed by atoms with Crippen LogP contribution in [0, 0.1) is 11.8 Å². The van der Waals surface area contributed by atoms with E-state index in [0.717, 1.165) is 18.7 Å². The molecule has 3 atom stereocenters. The largest absolute Gasteiger partial charge is 0.465 e. The lowest BCUT2D eigenvalue weighted by Gasteiger charge is -2.28. The molecule has 5 nitrogen and oxygen atoms in total. The van der Waals surface area contributed by atoms with Crippen LogP contribution in [0.25, 0.3) is 0 Å². The van der Waals surface area contributed by atoms with Gasteiger partial charge in [0.1, 0.15) is 0 Å². The van der Waals surface area contributed by atoms with Gasteiger partial charge in [-0.15, -0.1) is 0 Å². The minimum absolute atomic E-state index is 0.00306. The molecule has 2 N–H and O–H groups in total. The number of hydrogen-bond donors (Lipinski definition) is 2. The molecule has 1 fully saturated rings. The summed E-state index contributed by atoms with van der Waals surface area (Å²) in [6.45, 7) is 6.60. The van der Waals surface area contributed by atoms with Crippen molar-refractivity contribution in [3.63, 3.8) is 0 Å². The number of benzene rings is 1. The smallest absolute Gasteiger partial charge is 0.315 e. The van der Waals surface area contributed by atoms with Crippen LogP contribution in [0.3, 0.4) is 0 Å². The van der Waals surface area contributed by atoms with Crippen LogP contribution in [0.4, 0.5) is 0 Å². The van der Waals surface area contributed by atoms with E-state index >= 15 is 0 Å². The molecule has 1 heterocycles. The number of ether oxygens (including phenoxy) is 1. The summed E-state index contributed by atoms with van der Waals surface area (Å²) < 4.78 is 5.17. The Balaban J connectivity index is 1.88. The molecule has 1 aliphatic rings. The fourth-order valence-electron chi connectivity index (χ4n) is 3.38. The first-order valence-corrected chi connectivity index (χ1v) is 9.30. The van der Waals surface area contributed by atoms with Gasteiger partial charge in [-0.25, -0.2) is 0 Å². The van der Waals surface area contributed by atoms with Crippen LogP contribution < -0.4 is 10.6 Å². The molecular weight excluding hydrogens is 316 g/mol. The second-order valence-corrected chi connectivity index (χ2v) is 6.81. The van der Waals surface area contributed by atoms with Crippen LogP contribution >= 0.6 is 0 Å². The quantitative estimate of drug-likeness (QED) is 0.710. The predicted molar refractivity (Wildman–Crippen MR) is 98.2 cm³/mol. The van der Waals surface area contributed by atoms with Gasteiger partial charge in [-0.1, -0.05) is 37.3 Å². The monoisotopic (exact) mass is 346 g/mol. The molecule has 1 aromatic rings. The van der Waals surface area contributed by atoms with E-state index in [9.17, 15) is 9.59 Å². The van der Waals surface area contributed by atoms with Gasteiger partial charge in [0.05, 0.1) is 12.5 Å². The molecule has 0 bridgehead atoms. The highest BCUT2D eigenvalue weighted by Crippen LogP contribution is 2.22. The van der Waals surface area contributed by atoms with Crippen molar-refractivity contribution < 1.29 is 14.3 Å². The molecule has 138 valence electrons. The maximum Gasteiger partial charge on any atom is 0.315 e. The van der Waals surface area contributed by atoms with Gasteiger partial charge in [0.25, 0.3) is 0 Å². The summed E-state index contributed by atoms with van der Waals surface area (Å²) in [5, 5.41) is 6.33. The van der Waals surface area contributed by atoms with Crippen molar-refractivity contribution in [2.45, 2.75) is 39.0 Å². The topological polar surface area (TPSA) is 67.4 Å². The first-order valence-electron chi connectivity index (χ1n) is 9.30. The van der Waals surface area contributed by atoms with Crippen LogP contribution in [0.15, 0.2) is 30.3 Å². The molecule has 5 heteroatoms. The van der Waals surface area contributed by atoms with Gasteiger partial charge < -0.3 is 15.4 Å². The van der Waals surface area contributed by atoms with Crippen molar-refractivity contribution in [3.05, 3.63) is 35.9 Å². The Morgan fingerprint density at radius 3 is 2.72 bits per heavy atom. The van der Waals surface area contributed by atoms with Crippen molar-refractivity contribution in [2.24, 2.45) is 11.8 Å². The third-order valence-electron chi connectivity index (χ3n) is 4.92. The van der Waals surface area contributed by atoms with E-state index in [2.05, 4.69) is 17.6 Å². The van der Waals surface area contributed by atoms with E-state index in [1.165, 1.54) is 12.8 Å². The van der Waals surface area contributed by atoms with Crippen molar-refractivity contribution in [1.82, 2.24) is 10.6 Å². The van der Waals surface area contributed by atoms with Gasteiger partial charge in [-0.2, -0.15) is 0 Å². The average Bonchev–Trinajstić information content (AvgIpc) is 2.63. The van der Waals surface area contributed by atoms with E-state index in [4.69, 9.17) is 4.74 Å². The highest BCUT2D eigenvalue weighted by molar-refractivity contribution is 5.81. The fourth-order valence-corrected chi connectivity index (χ4v) is 3.38. The SMILES string of the molecule is CCOC(=O)C(CNC(=O)CC(C)C1CCCNC1)c1ccccc1. The Labute approximate surface area is 150 Å². The summed E-state index contributed by atoms with van der Waals surface area (Å²) in [6, 6.07) is 9.47. The third-order valence-corrected chi connectivity index (χ3v) is 4.92. The Morgan fingerprint density at radius 1 is 1.32 bits per heavy atom. The first kappa shape index (κ1) is 19.4. The summed E-state index contributed by atoms with van der Waals surface area (Å²) in [4.78, 5) is 24.6. The molecule has 1 saturated heterocycles. The molecule has 3 unspecified atom stereocenters. The number of piperidine rings is 1. The van der Waals surface area contributed by atoms with Crippen molar-refractivity contribution >= 4 is 11.9 Å².